The molecule has 1 aromatic rings. The summed E-state index contributed by atoms with van der Waals surface area (Å²) >= 11 is 0. The fourth-order valence-corrected chi connectivity index (χ4v) is 1.57. The van der Waals surface area contributed by atoms with Crippen LogP contribution in [0.4, 0.5) is 0 Å². The number of hydrogen-bond donors (Lipinski definition) is 1. The summed E-state index contributed by atoms with van der Waals surface area (Å²) in [6.45, 7) is 9.73. The van der Waals surface area contributed by atoms with Gasteiger partial charge in [-0.2, -0.15) is 5.10 Å². The molecule has 0 aromatic carbocycles. The Hall–Kier alpha value is -0.830. The lowest BCUT2D eigenvalue weighted by Gasteiger charge is -2.14. The molecule has 0 spiro atoms. The van der Waals surface area contributed by atoms with Crippen molar-refractivity contribution in [2.24, 2.45) is 13.0 Å². The predicted octanol–water partition coefficient (Wildman–Crippen LogP) is 2.04. The fourth-order valence-electron chi connectivity index (χ4n) is 1.57. The van der Waals surface area contributed by atoms with Crippen molar-refractivity contribution in [2.75, 3.05) is 6.54 Å². The van der Waals surface area contributed by atoms with Gasteiger partial charge in [0.2, 0.25) is 0 Å². The molecule has 0 amide bonds. The van der Waals surface area contributed by atoms with Crippen molar-refractivity contribution < 1.29 is 0 Å². The maximum Gasteiger partial charge on any atom is 0.0641 e. The van der Waals surface area contributed by atoms with Crippen molar-refractivity contribution in [1.29, 1.82) is 0 Å². The van der Waals surface area contributed by atoms with Gasteiger partial charge in [-0.25, -0.2) is 0 Å². The smallest absolute Gasteiger partial charge is 0.0641 e. The second kappa shape index (κ2) is 4.60. The first-order valence-corrected chi connectivity index (χ1v) is 5.24. The molecule has 3 nitrogen and oxygen atoms in total. The Kier molecular flexibility index (Phi) is 3.69. The van der Waals surface area contributed by atoms with Gasteiger partial charge < -0.3 is 5.32 Å². The molecule has 0 bridgehead atoms. The molecule has 0 aliphatic heterocycles. The van der Waals surface area contributed by atoms with E-state index >= 15 is 0 Å². The summed E-state index contributed by atoms with van der Waals surface area (Å²) in [6, 6.07) is 0.395. The summed E-state index contributed by atoms with van der Waals surface area (Å²) in [5, 5.41) is 7.84. The van der Waals surface area contributed by atoms with Crippen molar-refractivity contribution in [3.63, 3.8) is 0 Å². The van der Waals surface area contributed by atoms with Gasteiger partial charge >= 0.3 is 0 Å². The maximum absolute atomic E-state index is 4.34. The van der Waals surface area contributed by atoms with Crippen molar-refractivity contribution in [3.05, 3.63) is 17.5 Å². The van der Waals surface area contributed by atoms with Crippen LogP contribution in [0, 0.1) is 12.8 Å². The van der Waals surface area contributed by atoms with E-state index in [1.165, 1.54) is 5.56 Å². The molecule has 80 valence electrons. The van der Waals surface area contributed by atoms with Crippen LogP contribution >= 0.6 is 0 Å². The SMILES string of the molecule is Cc1nn(C)cc1C(C)NCC(C)C. The van der Waals surface area contributed by atoms with Crippen molar-refractivity contribution >= 4 is 0 Å². The Morgan fingerprint density at radius 3 is 2.50 bits per heavy atom. The Balaban J connectivity index is 2.60. The summed E-state index contributed by atoms with van der Waals surface area (Å²) in [5.41, 5.74) is 2.42. The first kappa shape index (κ1) is 11.2. The number of rotatable bonds is 4. The molecule has 1 heterocycles. The summed E-state index contributed by atoms with van der Waals surface area (Å²) < 4.78 is 1.87. The molecule has 0 saturated heterocycles. The van der Waals surface area contributed by atoms with E-state index in [0.29, 0.717) is 12.0 Å². The number of aromatic nitrogens is 2. The van der Waals surface area contributed by atoms with Gasteiger partial charge in [0.1, 0.15) is 0 Å². The average molecular weight is 195 g/mol. The second-order valence-corrected chi connectivity index (χ2v) is 4.37. The zero-order chi connectivity index (χ0) is 10.7. The Labute approximate surface area is 86.5 Å². The fraction of sp³-hybridized carbons (Fsp3) is 0.727. The minimum atomic E-state index is 0.395. The van der Waals surface area contributed by atoms with E-state index < -0.39 is 0 Å². The van der Waals surface area contributed by atoms with Crippen LogP contribution in [0.1, 0.15) is 38.1 Å². The van der Waals surface area contributed by atoms with Gasteiger partial charge in [-0.1, -0.05) is 13.8 Å². The third-order valence-electron chi connectivity index (χ3n) is 2.35. The molecule has 14 heavy (non-hydrogen) atoms. The van der Waals surface area contributed by atoms with E-state index in [-0.39, 0.29) is 0 Å². The minimum absolute atomic E-state index is 0.395. The van der Waals surface area contributed by atoms with Crippen LogP contribution in [0.25, 0.3) is 0 Å². The third-order valence-corrected chi connectivity index (χ3v) is 2.35. The summed E-state index contributed by atoms with van der Waals surface area (Å²) in [7, 11) is 1.96. The van der Waals surface area contributed by atoms with E-state index in [2.05, 4.69) is 44.3 Å². The molecular weight excluding hydrogens is 174 g/mol. The van der Waals surface area contributed by atoms with Crippen molar-refractivity contribution in [1.82, 2.24) is 15.1 Å². The van der Waals surface area contributed by atoms with E-state index in [9.17, 15) is 0 Å². The second-order valence-electron chi connectivity index (χ2n) is 4.37. The van der Waals surface area contributed by atoms with Crippen LogP contribution in [0.2, 0.25) is 0 Å². The molecule has 0 aliphatic carbocycles. The first-order valence-electron chi connectivity index (χ1n) is 5.24. The largest absolute Gasteiger partial charge is 0.310 e. The lowest BCUT2D eigenvalue weighted by molar-refractivity contribution is 0.495. The van der Waals surface area contributed by atoms with E-state index in [1.54, 1.807) is 0 Å². The topological polar surface area (TPSA) is 29.9 Å². The van der Waals surface area contributed by atoms with Crippen LogP contribution in [0.3, 0.4) is 0 Å². The summed E-state index contributed by atoms with van der Waals surface area (Å²) in [5.74, 6) is 0.689. The van der Waals surface area contributed by atoms with Gasteiger partial charge in [0.25, 0.3) is 0 Å². The number of hydrogen-bond acceptors (Lipinski definition) is 2. The van der Waals surface area contributed by atoms with Crippen LogP contribution in [0.15, 0.2) is 6.20 Å². The Bertz CT molecular complexity index is 289. The van der Waals surface area contributed by atoms with Gasteiger partial charge in [0.05, 0.1) is 5.69 Å². The van der Waals surface area contributed by atoms with Gasteiger partial charge in [-0.15, -0.1) is 0 Å². The van der Waals surface area contributed by atoms with E-state index in [4.69, 9.17) is 0 Å². The quantitative estimate of drug-likeness (QED) is 0.796. The van der Waals surface area contributed by atoms with Crippen LogP contribution in [0.5, 0.6) is 0 Å². The van der Waals surface area contributed by atoms with Gasteiger partial charge in [-0.3, -0.25) is 4.68 Å². The molecule has 0 saturated carbocycles. The van der Waals surface area contributed by atoms with Crippen LogP contribution in [-0.2, 0) is 7.05 Å². The number of nitrogens with zero attached hydrogens (tertiary/aromatic N) is 2. The third kappa shape index (κ3) is 2.84. The summed E-state index contributed by atoms with van der Waals surface area (Å²) in [6.07, 6.45) is 2.09. The Morgan fingerprint density at radius 1 is 1.43 bits per heavy atom. The monoisotopic (exact) mass is 195 g/mol. The number of aryl methyl sites for hydroxylation is 2. The zero-order valence-electron chi connectivity index (χ0n) is 9.83. The first-order chi connectivity index (χ1) is 6.50. The highest BCUT2D eigenvalue weighted by Crippen LogP contribution is 2.15. The lowest BCUT2D eigenvalue weighted by atomic mass is 10.1. The molecule has 1 N–H and O–H groups in total. The van der Waals surface area contributed by atoms with Gasteiger partial charge in [-0.05, 0) is 26.3 Å². The molecule has 3 heteroatoms. The van der Waals surface area contributed by atoms with Crippen molar-refractivity contribution in [3.8, 4) is 0 Å². The van der Waals surface area contributed by atoms with Crippen molar-refractivity contribution in [2.45, 2.75) is 33.7 Å². The average Bonchev–Trinajstić information content (AvgIpc) is 2.41. The molecule has 1 aromatic heterocycles. The summed E-state index contributed by atoms with van der Waals surface area (Å²) in [4.78, 5) is 0. The standard InChI is InChI=1S/C11H21N3/c1-8(2)6-12-9(3)11-7-14(5)13-10(11)4/h7-9,12H,6H2,1-5H3. The molecule has 1 rings (SSSR count). The van der Waals surface area contributed by atoms with Crippen LogP contribution < -0.4 is 5.32 Å². The highest BCUT2D eigenvalue weighted by atomic mass is 15.3. The minimum Gasteiger partial charge on any atom is -0.310 e. The Morgan fingerprint density at radius 2 is 2.07 bits per heavy atom. The molecular formula is C11H21N3. The molecule has 0 fully saturated rings. The van der Waals surface area contributed by atoms with Gasteiger partial charge in [0.15, 0.2) is 0 Å². The number of nitrogens with one attached hydrogen (secondary N) is 1. The lowest BCUT2D eigenvalue weighted by Crippen LogP contribution is -2.23. The molecule has 0 aliphatic rings. The molecule has 0 radical (unpaired) electrons. The van der Waals surface area contributed by atoms with E-state index in [0.717, 1.165) is 12.2 Å². The van der Waals surface area contributed by atoms with Gasteiger partial charge in [0, 0.05) is 24.8 Å². The van der Waals surface area contributed by atoms with E-state index in [1.807, 2.05) is 11.7 Å². The highest BCUT2D eigenvalue weighted by molar-refractivity contribution is 5.19. The normalized spacial score (nSPS) is 13.6. The predicted molar refractivity (Wildman–Crippen MR) is 59.2 cm³/mol. The maximum atomic E-state index is 4.34. The molecule has 1 atom stereocenters. The van der Waals surface area contributed by atoms with Crippen LogP contribution in [-0.4, -0.2) is 16.3 Å². The molecule has 1 unspecified atom stereocenters. The highest BCUT2D eigenvalue weighted by Gasteiger charge is 2.10. The zero-order valence-corrected chi connectivity index (χ0v) is 9.83.